The number of anilines is 1. The first kappa shape index (κ1) is 17.9. The molecule has 0 atom stereocenters. The van der Waals surface area contributed by atoms with Gasteiger partial charge in [0.2, 0.25) is 0 Å². The zero-order chi connectivity index (χ0) is 19.8. The van der Waals surface area contributed by atoms with E-state index in [0.717, 1.165) is 10.5 Å². The molecule has 0 saturated heterocycles. The van der Waals surface area contributed by atoms with E-state index in [9.17, 15) is 14.4 Å². The van der Waals surface area contributed by atoms with Gasteiger partial charge in [0.15, 0.2) is 0 Å². The standard InChI is InChI=1S/C20H15ClN4O3/c1-24-19(27)15-7-4-13(10-16(15)20(24)28)18(26)23-17-8-9-22-25(17)11-12-2-5-14(21)6-3-12/h2-10H,11H2,1H3,(H,23,26). The van der Waals surface area contributed by atoms with E-state index in [2.05, 4.69) is 10.4 Å². The van der Waals surface area contributed by atoms with Gasteiger partial charge in [-0.25, -0.2) is 4.68 Å². The Balaban J connectivity index is 1.54. The number of benzene rings is 2. The number of carbonyl (C=O) groups is 3. The average molecular weight is 395 g/mol. The van der Waals surface area contributed by atoms with Crippen molar-refractivity contribution in [3.8, 4) is 0 Å². The number of carbonyl (C=O) groups excluding carboxylic acids is 3. The largest absolute Gasteiger partial charge is 0.307 e. The highest BCUT2D eigenvalue weighted by Gasteiger charge is 2.33. The molecule has 0 unspecified atom stereocenters. The van der Waals surface area contributed by atoms with Gasteiger partial charge in [0.25, 0.3) is 17.7 Å². The van der Waals surface area contributed by atoms with Crippen LogP contribution in [0.5, 0.6) is 0 Å². The van der Waals surface area contributed by atoms with Gasteiger partial charge in [0.1, 0.15) is 5.82 Å². The molecule has 3 amide bonds. The van der Waals surface area contributed by atoms with E-state index in [4.69, 9.17) is 11.6 Å². The van der Waals surface area contributed by atoms with Crippen molar-refractivity contribution in [3.05, 3.63) is 82.0 Å². The van der Waals surface area contributed by atoms with Crippen LogP contribution in [0.3, 0.4) is 0 Å². The molecule has 8 heteroatoms. The van der Waals surface area contributed by atoms with E-state index in [0.29, 0.717) is 22.9 Å². The highest BCUT2D eigenvalue weighted by atomic mass is 35.5. The fraction of sp³-hybridized carbons (Fsp3) is 0.100. The molecule has 0 radical (unpaired) electrons. The number of amides is 3. The van der Waals surface area contributed by atoms with Crippen molar-refractivity contribution in [1.82, 2.24) is 14.7 Å². The Morgan fingerprint density at radius 2 is 1.75 bits per heavy atom. The molecule has 1 aliphatic heterocycles. The van der Waals surface area contributed by atoms with Crippen LogP contribution in [0.2, 0.25) is 5.02 Å². The molecule has 0 spiro atoms. The van der Waals surface area contributed by atoms with Gasteiger partial charge >= 0.3 is 0 Å². The summed E-state index contributed by atoms with van der Waals surface area (Å²) < 4.78 is 1.65. The van der Waals surface area contributed by atoms with Gasteiger partial charge in [0.05, 0.1) is 23.9 Å². The third kappa shape index (κ3) is 3.16. The fourth-order valence-corrected chi connectivity index (χ4v) is 3.14. The molecule has 1 N–H and O–H groups in total. The Kier molecular flexibility index (Phi) is 4.44. The molecule has 1 aliphatic rings. The van der Waals surface area contributed by atoms with Gasteiger partial charge in [-0.05, 0) is 35.9 Å². The molecule has 3 aromatic rings. The Morgan fingerprint density at radius 1 is 1.04 bits per heavy atom. The van der Waals surface area contributed by atoms with Crippen LogP contribution in [0.15, 0.2) is 54.7 Å². The van der Waals surface area contributed by atoms with Crippen LogP contribution in [0.25, 0.3) is 0 Å². The monoisotopic (exact) mass is 394 g/mol. The highest BCUT2D eigenvalue weighted by Crippen LogP contribution is 2.23. The Bertz CT molecular complexity index is 1100. The second kappa shape index (κ2) is 6.94. The summed E-state index contributed by atoms with van der Waals surface area (Å²) in [6.07, 6.45) is 1.59. The third-order valence-corrected chi connectivity index (χ3v) is 4.81. The maximum Gasteiger partial charge on any atom is 0.261 e. The summed E-state index contributed by atoms with van der Waals surface area (Å²) in [5, 5.41) is 7.67. The molecule has 2 heterocycles. The summed E-state index contributed by atoms with van der Waals surface area (Å²) in [6.45, 7) is 0.460. The molecule has 0 fully saturated rings. The summed E-state index contributed by atoms with van der Waals surface area (Å²) in [6, 6.07) is 13.5. The van der Waals surface area contributed by atoms with Crippen molar-refractivity contribution in [2.75, 3.05) is 12.4 Å². The van der Waals surface area contributed by atoms with Crippen molar-refractivity contribution in [2.45, 2.75) is 6.54 Å². The molecular formula is C20H15ClN4O3. The Morgan fingerprint density at radius 3 is 2.50 bits per heavy atom. The normalized spacial score (nSPS) is 13.0. The zero-order valence-electron chi connectivity index (χ0n) is 14.8. The van der Waals surface area contributed by atoms with E-state index >= 15 is 0 Å². The fourth-order valence-electron chi connectivity index (χ4n) is 3.02. The van der Waals surface area contributed by atoms with Crippen LogP contribution < -0.4 is 5.32 Å². The van der Waals surface area contributed by atoms with Gasteiger partial charge in [-0.1, -0.05) is 23.7 Å². The van der Waals surface area contributed by atoms with Crippen molar-refractivity contribution >= 4 is 35.1 Å². The average Bonchev–Trinajstić information content (AvgIpc) is 3.21. The lowest BCUT2D eigenvalue weighted by atomic mass is 10.1. The molecule has 7 nitrogen and oxygen atoms in total. The summed E-state index contributed by atoms with van der Waals surface area (Å²) in [7, 11) is 1.42. The zero-order valence-corrected chi connectivity index (χ0v) is 15.6. The number of halogens is 1. The molecule has 1 aromatic heterocycles. The molecule has 0 aliphatic carbocycles. The first-order valence-corrected chi connectivity index (χ1v) is 8.86. The topological polar surface area (TPSA) is 84.3 Å². The van der Waals surface area contributed by atoms with Crippen LogP contribution >= 0.6 is 11.6 Å². The van der Waals surface area contributed by atoms with Crippen LogP contribution in [0.1, 0.15) is 36.6 Å². The molecule has 0 saturated carbocycles. The summed E-state index contributed by atoms with van der Waals surface area (Å²) in [5.74, 6) is -0.661. The van der Waals surface area contributed by atoms with Crippen molar-refractivity contribution in [1.29, 1.82) is 0 Å². The van der Waals surface area contributed by atoms with E-state index in [-0.39, 0.29) is 17.0 Å². The predicted molar refractivity (Wildman–Crippen MR) is 104 cm³/mol. The lowest BCUT2D eigenvalue weighted by Gasteiger charge is -2.10. The molecule has 0 bridgehead atoms. The molecule has 140 valence electrons. The lowest BCUT2D eigenvalue weighted by Crippen LogP contribution is -2.24. The summed E-state index contributed by atoms with van der Waals surface area (Å²) in [5.41, 5.74) is 1.80. The number of aromatic nitrogens is 2. The Labute approximate surface area is 165 Å². The maximum atomic E-state index is 12.7. The number of fused-ring (bicyclic) bond motifs is 1. The number of imide groups is 1. The molecule has 4 rings (SSSR count). The first-order chi connectivity index (χ1) is 13.4. The smallest absolute Gasteiger partial charge is 0.261 e. The number of hydrogen-bond acceptors (Lipinski definition) is 4. The van der Waals surface area contributed by atoms with Crippen molar-refractivity contribution < 1.29 is 14.4 Å². The van der Waals surface area contributed by atoms with Gasteiger partial charge < -0.3 is 5.32 Å². The minimum Gasteiger partial charge on any atom is -0.307 e. The number of nitrogens with one attached hydrogen (secondary N) is 1. The number of rotatable bonds is 4. The van der Waals surface area contributed by atoms with Gasteiger partial charge in [-0.15, -0.1) is 0 Å². The number of nitrogens with zero attached hydrogens (tertiary/aromatic N) is 3. The Hall–Kier alpha value is -3.45. The summed E-state index contributed by atoms with van der Waals surface area (Å²) >= 11 is 5.90. The maximum absolute atomic E-state index is 12.7. The number of hydrogen-bond donors (Lipinski definition) is 1. The molecule has 28 heavy (non-hydrogen) atoms. The van der Waals surface area contributed by atoms with Crippen LogP contribution in [-0.4, -0.2) is 39.4 Å². The van der Waals surface area contributed by atoms with E-state index < -0.39 is 11.8 Å². The minimum atomic E-state index is -0.414. The van der Waals surface area contributed by atoms with Gasteiger partial charge in [-0.3, -0.25) is 19.3 Å². The molecular weight excluding hydrogens is 380 g/mol. The summed E-state index contributed by atoms with van der Waals surface area (Å²) in [4.78, 5) is 37.8. The van der Waals surface area contributed by atoms with Crippen LogP contribution in [-0.2, 0) is 6.54 Å². The lowest BCUT2D eigenvalue weighted by molar-refractivity contribution is 0.0693. The minimum absolute atomic E-state index is 0.231. The predicted octanol–water partition coefficient (Wildman–Crippen LogP) is 3.06. The second-order valence-electron chi connectivity index (χ2n) is 6.38. The third-order valence-electron chi connectivity index (χ3n) is 4.56. The van der Waals surface area contributed by atoms with E-state index in [1.807, 2.05) is 12.1 Å². The first-order valence-electron chi connectivity index (χ1n) is 8.48. The van der Waals surface area contributed by atoms with E-state index in [1.54, 1.807) is 29.1 Å². The van der Waals surface area contributed by atoms with Crippen molar-refractivity contribution in [3.63, 3.8) is 0 Å². The van der Waals surface area contributed by atoms with Gasteiger partial charge in [0, 0.05) is 23.7 Å². The van der Waals surface area contributed by atoms with Crippen molar-refractivity contribution in [2.24, 2.45) is 0 Å². The quantitative estimate of drug-likeness (QED) is 0.689. The molecule has 2 aromatic carbocycles. The van der Waals surface area contributed by atoms with Crippen LogP contribution in [0, 0.1) is 0 Å². The van der Waals surface area contributed by atoms with Gasteiger partial charge in [-0.2, -0.15) is 5.10 Å². The SMILES string of the molecule is CN1C(=O)c2ccc(C(=O)Nc3ccnn3Cc3ccc(Cl)cc3)cc2C1=O. The van der Waals surface area contributed by atoms with Crippen LogP contribution in [0.4, 0.5) is 5.82 Å². The second-order valence-corrected chi connectivity index (χ2v) is 6.82. The van der Waals surface area contributed by atoms with E-state index in [1.165, 1.54) is 25.2 Å². The highest BCUT2D eigenvalue weighted by molar-refractivity contribution is 6.30.